The van der Waals surface area contributed by atoms with Crippen LogP contribution in [-0.4, -0.2) is 72.7 Å². The number of hydrogen-bond donors (Lipinski definition) is 0. The third kappa shape index (κ3) is 3.49. The number of para-hydroxylation sites is 1. The zero-order chi connectivity index (χ0) is 21.5. The molecule has 3 aliphatic rings. The summed E-state index contributed by atoms with van der Waals surface area (Å²) in [7, 11) is -1.58. The van der Waals surface area contributed by atoms with Crippen LogP contribution in [0.1, 0.15) is 38.5 Å². The maximum absolute atomic E-state index is 13.3. The first-order valence-corrected chi connectivity index (χ1v) is 12.2. The normalized spacial score (nSPS) is 25.2. The Bertz CT molecular complexity index is 956. The van der Waals surface area contributed by atoms with Crippen LogP contribution < -0.4 is 4.90 Å². The van der Waals surface area contributed by atoms with Crippen molar-refractivity contribution in [1.82, 2.24) is 9.80 Å². The molecule has 0 unspecified atom stereocenters. The zero-order valence-electron chi connectivity index (χ0n) is 17.1. The van der Waals surface area contributed by atoms with Gasteiger partial charge in [0.15, 0.2) is 9.84 Å². The Balaban J connectivity index is 1.60. The standard InChI is InChI=1S/C21H27N3O5S/c1-22-20(27)23(19(26)21(22)11-6-3-7-12-21)14-18(25)24(16-8-4-2-5-9-16)17-10-13-30(28,29)15-17/h2,4-5,8-9,17H,3,6-7,10-15H2,1H3/t17-/m1/s1. The molecule has 1 aromatic rings. The summed E-state index contributed by atoms with van der Waals surface area (Å²) in [6, 6.07) is 7.89. The molecule has 0 bridgehead atoms. The van der Waals surface area contributed by atoms with E-state index in [-0.39, 0.29) is 24.0 Å². The number of urea groups is 1. The van der Waals surface area contributed by atoms with E-state index in [9.17, 15) is 22.8 Å². The molecule has 8 nitrogen and oxygen atoms in total. The fourth-order valence-electron chi connectivity index (χ4n) is 5.01. The molecule has 4 amide bonds. The molecule has 1 aromatic carbocycles. The second kappa shape index (κ2) is 7.68. The smallest absolute Gasteiger partial charge is 0.313 e. The van der Waals surface area contributed by atoms with Gasteiger partial charge in [0.05, 0.1) is 17.5 Å². The molecular formula is C21H27N3O5S. The van der Waals surface area contributed by atoms with Gasteiger partial charge in [-0.3, -0.25) is 14.5 Å². The largest absolute Gasteiger partial charge is 0.327 e. The van der Waals surface area contributed by atoms with E-state index in [1.54, 1.807) is 31.3 Å². The number of likely N-dealkylation sites (N-methyl/N-ethyl adjacent to an activating group) is 1. The number of anilines is 1. The lowest BCUT2D eigenvalue weighted by molar-refractivity contribution is -0.136. The number of sulfone groups is 1. The molecule has 2 saturated heterocycles. The Labute approximate surface area is 176 Å². The third-order valence-electron chi connectivity index (χ3n) is 6.65. The zero-order valence-corrected chi connectivity index (χ0v) is 17.9. The summed E-state index contributed by atoms with van der Waals surface area (Å²) in [6.07, 6.45) is 4.36. The number of benzene rings is 1. The highest BCUT2D eigenvalue weighted by molar-refractivity contribution is 7.91. The number of carbonyl (C=O) groups excluding carboxylic acids is 3. The number of amides is 4. The van der Waals surface area contributed by atoms with Crippen molar-refractivity contribution in [3.05, 3.63) is 30.3 Å². The predicted octanol–water partition coefficient (Wildman–Crippen LogP) is 1.80. The SMILES string of the molecule is CN1C(=O)N(CC(=O)N(c2ccccc2)[C@@H]2CCS(=O)(=O)C2)C(=O)C12CCCCC2. The number of imide groups is 1. The lowest BCUT2D eigenvalue weighted by atomic mass is 9.81. The maximum atomic E-state index is 13.3. The first-order chi connectivity index (χ1) is 14.3. The van der Waals surface area contributed by atoms with E-state index in [4.69, 9.17) is 0 Å². The van der Waals surface area contributed by atoms with Crippen LogP contribution in [-0.2, 0) is 19.4 Å². The van der Waals surface area contributed by atoms with Gasteiger partial charge in [-0.15, -0.1) is 0 Å². The molecule has 2 aliphatic heterocycles. The van der Waals surface area contributed by atoms with Crippen LogP contribution in [0.15, 0.2) is 30.3 Å². The van der Waals surface area contributed by atoms with Crippen molar-refractivity contribution in [1.29, 1.82) is 0 Å². The van der Waals surface area contributed by atoms with Gasteiger partial charge in [0, 0.05) is 12.7 Å². The molecular weight excluding hydrogens is 406 g/mol. The molecule has 1 saturated carbocycles. The van der Waals surface area contributed by atoms with Gasteiger partial charge in [0.1, 0.15) is 12.1 Å². The van der Waals surface area contributed by atoms with Gasteiger partial charge < -0.3 is 9.80 Å². The molecule has 9 heteroatoms. The average Bonchev–Trinajstić information content (AvgIpc) is 3.17. The van der Waals surface area contributed by atoms with Crippen LogP contribution in [0.25, 0.3) is 0 Å². The van der Waals surface area contributed by atoms with Crippen LogP contribution in [0.4, 0.5) is 10.5 Å². The molecule has 0 radical (unpaired) electrons. The summed E-state index contributed by atoms with van der Waals surface area (Å²) in [5, 5.41) is 0. The minimum atomic E-state index is -3.21. The molecule has 1 aliphatic carbocycles. The Morgan fingerprint density at radius 2 is 1.80 bits per heavy atom. The van der Waals surface area contributed by atoms with Crippen molar-refractivity contribution >= 4 is 33.4 Å². The van der Waals surface area contributed by atoms with Crippen LogP contribution in [0.3, 0.4) is 0 Å². The lowest BCUT2D eigenvalue weighted by Crippen LogP contribution is -2.50. The van der Waals surface area contributed by atoms with E-state index >= 15 is 0 Å². The molecule has 1 atom stereocenters. The maximum Gasteiger partial charge on any atom is 0.327 e. The number of carbonyl (C=O) groups is 3. The summed E-state index contributed by atoms with van der Waals surface area (Å²) < 4.78 is 24.1. The second-order valence-electron chi connectivity index (χ2n) is 8.48. The van der Waals surface area contributed by atoms with Gasteiger partial charge in [-0.1, -0.05) is 37.5 Å². The van der Waals surface area contributed by atoms with Crippen molar-refractivity contribution in [2.75, 3.05) is 30.0 Å². The van der Waals surface area contributed by atoms with Gasteiger partial charge in [-0.2, -0.15) is 0 Å². The highest BCUT2D eigenvalue weighted by Crippen LogP contribution is 2.39. The summed E-state index contributed by atoms with van der Waals surface area (Å²) in [5.41, 5.74) is -0.270. The van der Waals surface area contributed by atoms with E-state index in [1.807, 2.05) is 6.07 Å². The van der Waals surface area contributed by atoms with Crippen molar-refractivity contribution in [3.63, 3.8) is 0 Å². The van der Waals surface area contributed by atoms with Crippen LogP contribution in [0.2, 0.25) is 0 Å². The molecule has 3 fully saturated rings. The number of nitrogens with zero attached hydrogens (tertiary/aromatic N) is 3. The molecule has 30 heavy (non-hydrogen) atoms. The Hall–Kier alpha value is -2.42. The topological polar surface area (TPSA) is 95.1 Å². The van der Waals surface area contributed by atoms with Crippen molar-refractivity contribution in [2.24, 2.45) is 0 Å². The first kappa shape index (κ1) is 20.8. The van der Waals surface area contributed by atoms with E-state index in [0.29, 0.717) is 24.9 Å². The molecule has 4 rings (SSSR count). The van der Waals surface area contributed by atoms with Gasteiger partial charge >= 0.3 is 6.03 Å². The van der Waals surface area contributed by atoms with E-state index < -0.39 is 33.4 Å². The lowest BCUT2D eigenvalue weighted by Gasteiger charge is -2.36. The first-order valence-electron chi connectivity index (χ1n) is 10.4. The Kier molecular flexibility index (Phi) is 5.34. The molecule has 1 spiro atoms. The van der Waals surface area contributed by atoms with E-state index in [0.717, 1.165) is 24.2 Å². The molecule has 0 aromatic heterocycles. The Morgan fingerprint density at radius 3 is 2.40 bits per heavy atom. The van der Waals surface area contributed by atoms with E-state index in [1.165, 1.54) is 9.80 Å². The monoisotopic (exact) mass is 433 g/mol. The Morgan fingerprint density at radius 1 is 1.13 bits per heavy atom. The number of rotatable bonds is 4. The minimum absolute atomic E-state index is 0.0295. The second-order valence-corrected chi connectivity index (χ2v) is 10.7. The highest BCUT2D eigenvalue weighted by atomic mass is 32.2. The van der Waals surface area contributed by atoms with Gasteiger partial charge in [0.2, 0.25) is 5.91 Å². The van der Waals surface area contributed by atoms with Crippen molar-refractivity contribution < 1.29 is 22.8 Å². The average molecular weight is 434 g/mol. The highest BCUT2D eigenvalue weighted by Gasteiger charge is 2.56. The fraction of sp³-hybridized carbons (Fsp3) is 0.571. The van der Waals surface area contributed by atoms with Crippen molar-refractivity contribution in [3.8, 4) is 0 Å². The number of hydrogen-bond acceptors (Lipinski definition) is 5. The fourth-order valence-corrected chi connectivity index (χ4v) is 6.71. The molecule has 162 valence electrons. The quantitative estimate of drug-likeness (QED) is 0.675. The minimum Gasteiger partial charge on any atom is -0.313 e. The molecule has 0 N–H and O–H groups in total. The summed E-state index contributed by atoms with van der Waals surface area (Å²) in [5.74, 6) is -0.831. The van der Waals surface area contributed by atoms with Crippen LogP contribution in [0, 0.1) is 0 Å². The summed E-state index contributed by atoms with van der Waals surface area (Å²) in [4.78, 5) is 43.4. The van der Waals surface area contributed by atoms with Crippen LogP contribution in [0.5, 0.6) is 0 Å². The van der Waals surface area contributed by atoms with Crippen LogP contribution >= 0.6 is 0 Å². The van der Waals surface area contributed by atoms with Crippen molar-refractivity contribution in [2.45, 2.75) is 50.1 Å². The summed E-state index contributed by atoms with van der Waals surface area (Å²) in [6.45, 7) is -0.380. The van der Waals surface area contributed by atoms with Gasteiger partial charge in [-0.25, -0.2) is 13.2 Å². The van der Waals surface area contributed by atoms with Gasteiger partial charge in [0.25, 0.3) is 5.91 Å². The molecule has 2 heterocycles. The predicted molar refractivity (Wildman–Crippen MR) is 112 cm³/mol. The summed E-state index contributed by atoms with van der Waals surface area (Å²) >= 11 is 0. The van der Waals surface area contributed by atoms with E-state index in [2.05, 4.69) is 0 Å². The third-order valence-corrected chi connectivity index (χ3v) is 8.40. The van der Waals surface area contributed by atoms with Gasteiger partial charge in [-0.05, 0) is 31.4 Å².